The molecule has 1 rings (SSSR count). The summed E-state index contributed by atoms with van der Waals surface area (Å²) in [6.45, 7) is 0. The van der Waals surface area contributed by atoms with E-state index in [2.05, 4.69) is 5.32 Å². The molecule has 0 aliphatic heterocycles. The number of primary amides is 1. The number of nitrogens with one attached hydrogen (secondary N) is 1. The van der Waals surface area contributed by atoms with E-state index in [1.54, 1.807) is 12.1 Å². The number of carboxylic acid groups (broad SMARTS) is 1. The van der Waals surface area contributed by atoms with E-state index >= 15 is 0 Å². The highest BCUT2D eigenvalue weighted by Gasteiger charge is 2.21. The van der Waals surface area contributed by atoms with E-state index in [-0.39, 0.29) is 12.2 Å². The largest absolute Gasteiger partial charge is 0.480 e. The van der Waals surface area contributed by atoms with Crippen LogP contribution in [0.4, 0.5) is 4.39 Å². The zero-order valence-corrected chi connectivity index (χ0v) is 11.9. The van der Waals surface area contributed by atoms with Crippen molar-refractivity contribution in [3.8, 4) is 0 Å². The van der Waals surface area contributed by atoms with E-state index in [0.29, 0.717) is 5.75 Å². The lowest BCUT2D eigenvalue weighted by atomic mass is 10.2. The fourth-order valence-corrected chi connectivity index (χ4v) is 2.31. The lowest BCUT2D eigenvalue weighted by Gasteiger charge is -2.12. The van der Waals surface area contributed by atoms with Crippen LogP contribution in [0, 0.1) is 5.82 Å². The number of rotatable bonds is 8. The summed E-state index contributed by atoms with van der Waals surface area (Å²) in [5, 5.41) is 11.1. The summed E-state index contributed by atoms with van der Waals surface area (Å²) >= 11 is 1.34. The number of carbonyl (C=O) groups is 3. The lowest BCUT2D eigenvalue weighted by Crippen LogP contribution is -2.43. The van der Waals surface area contributed by atoms with E-state index in [1.807, 2.05) is 0 Å². The predicted molar refractivity (Wildman–Crippen MR) is 75.1 cm³/mol. The summed E-state index contributed by atoms with van der Waals surface area (Å²) in [5.74, 6) is -2.54. The van der Waals surface area contributed by atoms with Gasteiger partial charge in [-0.25, -0.2) is 9.18 Å². The van der Waals surface area contributed by atoms with Gasteiger partial charge in [-0.3, -0.25) is 9.59 Å². The minimum absolute atomic E-state index is 0.0740. The predicted octanol–water partition coefficient (Wildman–Crippen LogP) is 0.753. The quantitative estimate of drug-likeness (QED) is 0.614. The van der Waals surface area contributed by atoms with E-state index in [1.165, 1.54) is 23.9 Å². The minimum Gasteiger partial charge on any atom is -0.480 e. The first-order valence-electron chi connectivity index (χ1n) is 6.07. The number of halogens is 1. The Morgan fingerprint density at radius 2 is 1.90 bits per heavy atom. The molecule has 6 nitrogen and oxygen atoms in total. The second-order valence-electron chi connectivity index (χ2n) is 4.18. The summed E-state index contributed by atoms with van der Waals surface area (Å²) in [6.07, 6.45) is -0.378. The Labute approximate surface area is 124 Å². The van der Waals surface area contributed by atoms with Crippen molar-refractivity contribution in [1.82, 2.24) is 5.32 Å². The summed E-state index contributed by atoms with van der Waals surface area (Å²) < 4.78 is 12.7. The number of aliphatic carboxylic acids is 1. The SMILES string of the molecule is NC(=O)C[C@@H](NC(=O)CCSc1ccc(F)cc1)C(=O)O. The van der Waals surface area contributed by atoms with Gasteiger partial charge >= 0.3 is 5.97 Å². The molecule has 4 N–H and O–H groups in total. The van der Waals surface area contributed by atoms with Crippen LogP contribution in [0.25, 0.3) is 0 Å². The summed E-state index contributed by atoms with van der Waals surface area (Å²) in [6, 6.07) is 4.49. The molecular formula is C13H15FN2O4S. The molecule has 0 aromatic heterocycles. The van der Waals surface area contributed by atoms with Crippen molar-refractivity contribution in [2.24, 2.45) is 5.73 Å². The van der Waals surface area contributed by atoms with Gasteiger partial charge in [0.25, 0.3) is 0 Å². The van der Waals surface area contributed by atoms with Gasteiger partial charge < -0.3 is 16.2 Å². The summed E-state index contributed by atoms with van der Waals surface area (Å²) in [7, 11) is 0. The average Bonchev–Trinajstić information content (AvgIpc) is 2.39. The van der Waals surface area contributed by atoms with Crippen LogP contribution in [0.2, 0.25) is 0 Å². The van der Waals surface area contributed by atoms with Crippen molar-refractivity contribution >= 4 is 29.5 Å². The monoisotopic (exact) mass is 314 g/mol. The van der Waals surface area contributed by atoms with Crippen LogP contribution < -0.4 is 11.1 Å². The van der Waals surface area contributed by atoms with E-state index in [0.717, 1.165) is 4.90 Å². The van der Waals surface area contributed by atoms with Crippen LogP contribution in [-0.4, -0.2) is 34.7 Å². The molecule has 114 valence electrons. The van der Waals surface area contributed by atoms with E-state index < -0.39 is 30.2 Å². The van der Waals surface area contributed by atoms with Gasteiger partial charge in [0.1, 0.15) is 11.9 Å². The standard InChI is InChI=1S/C13H15FN2O4S/c14-8-1-3-9(4-2-8)21-6-5-12(18)16-10(13(19)20)7-11(15)17/h1-4,10H,5-7H2,(H2,15,17)(H,16,18)(H,19,20)/t10-/m1/s1. The number of amides is 2. The van der Waals surface area contributed by atoms with E-state index in [4.69, 9.17) is 10.8 Å². The van der Waals surface area contributed by atoms with Gasteiger partial charge in [-0.2, -0.15) is 0 Å². The average molecular weight is 314 g/mol. The van der Waals surface area contributed by atoms with Gasteiger partial charge in [-0.15, -0.1) is 11.8 Å². The van der Waals surface area contributed by atoms with Crippen molar-refractivity contribution in [2.75, 3.05) is 5.75 Å². The number of thioether (sulfide) groups is 1. The van der Waals surface area contributed by atoms with Crippen LogP contribution in [0.1, 0.15) is 12.8 Å². The first kappa shape index (κ1) is 17.0. The Morgan fingerprint density at radius 3 is 2.43 bits per heavy atom. The third-order valence-corrected chi connectivity index (χ3v) is 3.46. The Bertz CT molecular complexity index is 521. The fraction of sp³-hybridized carbons (Fsp3) is 0.308. The van der Waals surface area contributed by atoms with Gasteiger partial charge in [0.05, 0.1) is 6.42 Å². The van der Waals surface area contributed by atoms with Gasteiger partial charge in [-0.1, -0.05) is 0 Å². The van der Waals surface area contributed by atoms with E-state index in [9.17, 15) is 18.8 Å². The molecule has 0 unspecified atom stereocenters. The molecule has 0 saturated carbocycles. The molecule has 0 aliphatic rings. The van der Waals surface area contributed by atoms with Gasteiger partial charge in [0.15, 0.2) is 0 Å². The van der Waals surface area contributed by atoms with Crippen LogP contribution in [-0.2, 0) is 14.4 Å². The molecule has 0 heterocycles. The highest BCUT2D eigenvalue weighted by atomic mass is 32.2. The molecule has 0 aliphatic carbocycles. The maximum Gasteiger partial charge on any atom is 0.326 e. The molecule has 0 radical (unpaired) electrons. The van der Waals surface area contributed by atoms with Crippen LogP contribution in [0.15, 0.2) is 29.2 Å². The maximum atomic E-state index is 12.7. The highest BCUT2D eigenvalue weighted by Crippen LogP contribution is 2.18. The third kappa shape index (κ3) is 6.75. The molecular weight excluding hydrogens is 299 g/mol. The Kier molecular flexibility index (Phi) is 6.67. The van der Waals surface area contributed by atoms with Crippen LogP contribution >= 0.6 is 11.8 Å². The molecule has 0 fully saturated rings. The smallest absolute Gasteiger partial charge is 0.326 e. The lowest BCUT2D eigenvalue weighted by molar-refractivity contribution is -0.143. The number of nitrogens with two attached hydrogens (primary N) is 1. The molecule has 1 aromatic carbocycles. The zero-order chi connectivity index (χ0) is 15.8. The second-order valence-corrected chi connectivity index (χ2v) is 5.35. The fourth-order valence-electron chi connectivity index (χ4n) is 1.46. The number of carbonyl (C=O) groups excluding carboxylic acids is 2. The summed E-state index contributed by atoms with van der Waals surface area (Å²) in [4.78, 5) is 33.9. The van der Waals surface area contributed by atoms with Gasteiger partial charge in [0, 0.05) is 17.1 Å². The molecule has 1 aromatic rings. The molecule has 8 heteroatoms. The van der Waals surface area contributed by atoms with Crippen molar-refractivity contribution in [3.63, 3.8) is 0 Å². The molecule has 21 heavy (non-hydrogen) atoms. The van der Waals surface area contributed by atoms with Crippen LogP contribution in [0.3, 0.4) is 0 Å². The molecule has 0 bridgehead atoms. The first-order chi connectivity index (χ1) is 9.88. The van der Waals surface area contributed by atoms with Crippen molar-refractivity contribution in [1.29, 1.82) is 0 Å². The first-order valence-corrected chi connectivity index (χ1v) is 7.06. The number of hydrogen-bond acceptors (Lipinski definition) is 4. The second kappa shape index (κ2) is 8.25. The summed E-state index contributed by atoms with van der Waals surface area (Å²) in [5.41, 5.74) is 4.91. The van der Waals surface area contributed by atoms with Crippen LogP contribution in [0.5, 0.6) is 0 Å². The normalized spacial score (nSPS) is 11.7. The topological polar surface area (TPSA) is 109 Å². The zero-order valence-electron chi connectivity index (χ0n) is 11.0. The van der Waals surface area contributed by atoms with Crippen molar-refractivity contribution in [3.05, 3.63) is 30.1 Å². The highest BCUT2D eigenvalue weighted by molar-refractivity contribution is 7.99. The molecule has 1 atom stereocenters. The number of benzene rings is 1. The molecule has 0 spiro atoms. The van der Waals surface area contributed by atoms with Crippen molar-refractivity contribution < 1.29 is 23.9 Å². The Balaban J connectivity index is 2.37. The maximum absolute atomic E-state index is 12.7. The molecule has 2 amide bonds. The number of carboxylic acids is 1. The number of hydrogen-bond donors (Lipinski definition) is 3. The molecule has 0 saturated heterocycles. The Morgan fingerprint density at radius 1 is 1.29 bits per heavy atom. The van der Waals surface area contributed by atoms with Gasteiger partial charge in [0.2, 0.25) is 11.8 Å². The third-order valence-electron chi connectivity index (χ3n) is 2.45. The van der Waals surface area contributed by atoms with Crippen molar-refractivity contribution in [2.45, 2.75) is 23.8 Å². The van der Waals surface area contributed by atoms with Gasteiger partial charge in [-0.05, 0) is 24.3 Å². The Hall–Kier alpha value is -2.09. The minimum atomic E-state index is -1.31.